The van der Waals surface area contributed by atoms with Gasteiger partial charge in [-0.2, -0.15) is 0 Å². The van der Waals surface area contributed by atoms with Crippen LogP contribution in [-0.2, 0) is 11.3 Å². The third-order valence-corrected chi connectivity index (χ3v) is 6.74. The van der Waals surface area contributed by atoms with Crippen LogP contribution in [0.25, 0.3) is 11.1 Å². The Morgan fingerprint density at radius 2 is 1.46 bits per heavy atom. The maximum Gasteiger partial charge on any atom is 0.305 e. The fraction of sp³-hybridized carbons (Fsp3) is 0.219. The lowest BCUT2D eigenvalue weighted by atomic mass is 9.93. The van der Waals surface area contributed by atoms with Crippen molar-refractivity contribution in [1.82, 2.24) is 4.90 Å². The number of carboxylic acids is 1. The Morgan fingerprint density at radius 1 is 0.811 bits per heavy atom. The molecule has 5 nitrogen and oxygen atoms in total. The van der Waals surface area contributed by atoms with Crippen LogP contribution in [0, 0.1) is 0 Å². The first-order valence-corrected chi connectivity index (χ1v) is 12.4. The molecule has 4 aromatic carbocycles. The lowest BCUT2D eigenvalue weighted by Gasteiger charge is -2.37. The van der Waals surface area contributed by atoms with E-state index in [1.807, 2.05) is 72.8 Å². The van der Waals surface area contributed by atoms with Crippen molar-refractivity contribution in [2.45, 2.75) is 32.0 Å². The van der Waals surface area contributed by atoms with E-state index >= 15 is 0 Å². The number of carboxylic acid groups (broad SMARTS) is 1. The van der Waals surface area contributed by atoms with E-state index in [-0.39, 0.29) is 18.5 Å². The molecule has 0 saturated carbocycles. The van der Waals surface area contributed by atoms with Gasteiger partial charge in [-0.3, -0.25) is 9.69 Å². The maximum absolute atomic E-state index is 12.2. The predicted octanol–water partition coefficient (Wildman–Crippen LogP) is 7.15. The van der Waals surface area contributed by atoms with Gasteiger partial charge in [0.25, 0.3) is 0 Å². The van der Waals surface area contributed by atoms with Gasteiger partial charge in [0, 0.05) is 24.2 Å². The molecule has 0 fully saturated rings. The molecule has 0 aliphatic heterocycles. The first-order valence-electron chi connectivity index (χ1n) is 12.4. The van der Waals surface area contributed by atoms with E-state index in [9.17, 15) is 9.90 Å². The van der Waals surface area contributed by atoms with Gasteiger partial charge in [0.1, 0.15) is 0 Å². The fourth-order valence-electron chi connectivity index (χ4n) is 4.85. The highest BCUT2D eigenvalue weighted by atomic mass is 16.5. The molecule has 0 heterocycles. The third-order valence-electron chi connectivity index (χ3n) is 6.74. The van der Waals surface area contributed by atoms with Crippen LogP contribution in [0.3, 0.4) is 0 Å². The Kier molecular flexibility index (Phi) is 8.60. The van der Waals surface area contributed by atoms with E-state index in [4.69, 9.17) is 9.47 Å². The topological polar surface area (TPSA) is 59.0 Å². The number of para-hydroxylation sites is 1. The van der Waals surface area contributed by atoms with E-state index in [0.717, 1.165) is 27.8 Å². The fourth-order valence-corrected chi connectivity index (χ4v) is 4.85. The summed E-state index contributed by atoms with van der Waals surface area (Å²) in [4.78, 5) is 14.5. The second-order valence-electron chi connectivity index (χ2n) is 9.02. The Morgan fingerprint density at radius 3 is 2.11 bits per heavy atom. The van der Waals surface area contributed by atoms with Gasteiger partial charge in [-0.25, -0.2) is 0 Å². The number of hydrogen-bond donors (Lipinski definition) is 1. The molecule has 0 aliphatic carbocycles. The van der Waals surface area contributed by atoms with Crippen LogP contribution in [0.15, 0.2) is 103 Å². The standard InChI is InChI=1S/C32H33NO4/c1-23(25-14-8-5-9-15-25)33(22-24-12-6-4-7-13-24)29(21-31(34)35)27-17-10-16-26(20-27)28-18-11-19-30(36-2)32(28)37-3/h4-20,23,29H,21-22H2,1-3H3,(H,34,35). The summed E-state index contributed by atoms with van der Waals surface area (Å²) in [5, 5.41) is 9.99. The molecule has 1 N–H and O–H groups in total. The monoisotopic (exact) mass is 495 g/mol. The van der Waals surface area contributed by atoms with Crippen LogP contribution in [0.1, 0.15) is 42.1 Å². The zero-order valence-electron chi connectivity index (χ0n) is 21.5. The summed E-state index contributed by atoms with van der Waals surface area (Å²) in [5.74, 6) is 0.458. The number of rotatable bonds is 11. The highest BCUT2D eigenvalue weighted by Gasteiger charge is 2.29. The van der Waals surface area contributed by atoms with Crippen LogP contribution in [0.5, 0.6) is 11.5 Å². The smallest absolute Gasteiger partial charge is 0.305 e. The lowest BCUT2D eigenvalue weighted by molar-refractivity contribution is -0.138. The van der Waals surface area contributed by atoms with Gasteiger partial charge >= 0.3 is 5.97 Å². The quantitative estimate of drug-likeness (QED) is 0.239. The first-order chi connectivity index (χ1) is 18.0. The number of ether oxygens (including phenoxy) is 2. The SMILES string of the molecule is COc1cccc(-c2cccc(C(CC(=O)O)N(Cc3ccccc3)C(C)c3ccccc3)c2)c1OC. The van der Waals surface area contributed by atoms with Crippen molar-refractivity contribution in [3.63, 3.8) is 0 Å². The van der Waals surface area contributed by atoms with E-state index in [1.54, 1.807) is 14.2 Å². The highest BCUT2D eigenvalue weighted by Crippen LogP contribution is 2.40. The molecule has 2 atom stereocenters. The van der Waals surface area contributed by atoms with Gasteiger partial charge < -0.3 is 14.6 Å². The van der Waals surface area contributed by atoms with Crippen LogP contribution in [0.2, 0.25) is 0 Å². The lowest BCUT2D eigenvalue weighted by Crippen LogP contribution is -2.32. The highest BCUT2D eigenvalue weighted by molar-refractivity contribution is 5.75. The molecule has 0 aromatic heterocycles. The molecule has 0 saturated heterocycles. The van der Waals surface area contributed by atoms with Crippen molar-refractivity contribution in [2.24, 2.45) is 0 Å². The van der Waals surface area contributed by atoms with Crippen LogP contribution in [-0.4, -0.2) is 30.2 Å². The zero-order chi connectivity index (χ0) is 26.2. The summed E-state index contributed by atoms with van der Waals surface area (Å²) in [6, 6.07) is 33.9. The third kappa shape index (κ3) is 6.19. The molecule has 4 aromatic rings. The summed E-state index contributed by atoms with van der Waals surface area (Å²) in [5.41, 5.74) is 5.04. The molecule has 0 amide bonds. The van der Waals surface area contributed by atoms with Crippen molar-refractivity contribution in [1.29, 1.82) is 0 Å². The molecule has 37 heavy (non-hydrogen) atoms. The second-order valence-corrected chi connectivity index (χ2v) is 9.02. The number of methoxy groups -OCH3 is 2. The van der Waals surface area contributed by atoms with Crippen LogP contribution in [0.4, 0.5) is 0 Å². The maximum atomic E-state index is 12.2. The minimum atomic E-state index is -0.840. The number of aliphatic carboxylic acids is 1. The van der Waals surface area contributed by atoms with Crippen molar-refractivity contribution in [2.75, 3.05) is 14.2 Å². The normalized spacial score (nSPS) is 12.6. The first kappa shape index (κ1) is 26.0. The Labute approximate surface area is 218 Å². The predicted molar refractivity (Wildman–Crippen MR) is 147 cm³/mol. The molecular weight excluding hydrogens is 462 g/mol. The molecule has 190 valence electrons. The molecule has 0 radical (unpaired) electrons. The van der Waals surface area contributed by atoms with Crippen LogP contribution < -0.4 is 9.47 Å². The van der Waals surface area contributed by atoms with Crippen molar-refractivity contribution >= 4 is 5.97 Å². The summed E-state index contributed by atoms with van der Waals surface area (Å²) < 4.78 is 11.2. The largest absolute Gasteiger partial charge is 0.493 e. The molecule has 0 bridgehead atoms. The van der Waals surface area contributed by atoms with Gasteiger partial charge in [0.15, 0.2) is 11.5 Å². The van der Waals surface area contributed by atoms with E-state index in [1.165, 1.54) is 0 Å². The zero-order valence-corrected chi connectivity index (χ0v) is 21.5. The number of carbonyl (C=O) groups is 1. The van der Waals surface area contributed by atoms with E-state index < -0.39 is 5.97 Å². The summed E-state index contributed by atoms with van der Waals surface area (Å²) >= 11 is 0. The van der Waals surface area contributed by atoms with Gasteiger partial charge in [-0.15, -0.1) is 0 Å². The summed E-state index contributed by atoms with van der Waals surface area (Å²) in [7, 11) is 3.24. The number of hydrogen-bond acceptors (Lipinski definition) is 4. The minimum absolute atomic E-state index is 0.0132. The van der Waals surface area contributed by atoms with Gasteiger partial charge in [0.05, 0.1) is 20.6 Å². The Hall–Kier alpha value is -4.09. The number of nitrogens with zero attached hydrogens (tertiary/aromatic N) is 1. The van der Waals surface area contributed by atoms with E-state index in [0.29, 0.717) is 18.0 Å². The van der Waals surface area contributed by atoms with Crippen molar-refractivity contribution < 1.29 is 19.4 Å². The molecule has 5 heteroatoms. The van der Waals surface area contributed by atoms with Gasteiger partial charge in [-0.1, -0.05) is 91.0 Å². The molecule has 4 rings (SSSR count). The second kappa shape index (κ2) is 12.2. The van der Waals surface area contributed by atoms with Gasteiger partial charge in [-0.05, 0) is 41.3 Å². The van der Waals surface area contributed by atoms with Crippen molar-refractivity contribution in [3.05, 3.63) is 120 Å². The Bertz CT molecular complexity index is 1310. The average molecular weight is 496 g/mol. The van der Waals surface area contributed by atoms with Crippen LogP contribution >= 0.6 is 0 Å². The number of benzene rings is 4. The van der Waals surface area contributed by atoms with E-state index in [2.05, 4.69) is 42.2 Å². The van der Waals surface area contributed by atoms with Gasteiger partial charge in [0.2, 0.25) is 0 Å². The summed E-state index contributed by atoms with van der Waals surface area (Å²) in [6.45, 7) is 2.75. The van der Waals surface area contributed by atoms with Crippen molar-refractivity contribution in [3.8, 4) is 22.6 Å². The molecule has 0 spiro atoms. The minimum Gasteiger partial charge on any atom is -0.493 e. The molecule has 0 aliphatic rings. The summed E-state index contributed by atoms with van der Waals surface area (Å²) in [6.07, 6.45) is -0.0251. The Balaban J connectivity index is 1.81. The average Bonchev–Trinajstić information content (AvgIpc) is 2.95. The molecule has 2 unspecified atom stereocenters. The molecular formula is C32H33NO4.